The lowest BCUT2D eigenvalue weighted by atomic mass is 9.48. The van der Waals surface area contributed by atoms with Gasteiger partial charge in [0.1, 0.15) is 0 Å². The lowest BCUT2D eigenvalue weighted by molar-refractivity contribution is -0.146. The maximum Gasteiger partial charge on any atom is 0.310 e. The fourth-order valence-corrected chi connectivity index (χ4v) is 8.19. The van der Waals surface area contributed by atoms with Gasteiger partial charge in [-0.3, -0.25) is 9.59 Å². The SMILES string of the molecule is COC(=O)C1CCCN(C(=O)c2ccc(Nc3ccc(C45CC6CC(CC(C6)C4)C5)cc3Cl)cc2)C1. The summed E-state index contributed by atoms with van der Waals surface area (Å²) in [4.78, 5) is 26.7. The Kier molecular flexibility index (Phi) is 6.23. The predicted octanol–water partition coefficient (Wildman–Crippen LogP) is 6.58. The molecule has 6 heteroatoms. The molecule has 4 bridgehead atoms. The molecular formula is C30H35ClN2O3. The molecule has 1 unspecified atom stereocenters. The topological polar surface area (TPSA) is 58.6 Å². The number of carbonyl (C=O) groups excluding carboxylic acids is 2. The van der Waals surface area contributed by atoms with Crippen LogP contribution in [0.3, 0.4) is 0 Å². The van der Waals surface area contributed by atoms with E-state index in [1.165, 1.54) is 51.2 Å². The van der Waals surface area contributed by atoms with Crippen LogP contribution < -0.4 is 5.32 Å². The summed E-state index contributed by atoms with van der Waals surface area (Å²) in [6.07, 6.45) is 9.88. The predicted molar refractivity (Wildman–Crippen MR) is 142 cm³/mol. The second kappa shape index (κ2) is 9.41. The third kappa shape index (κ3) is 4.40. The monoisotopic (exact) mass is 506 g/mol. The number of anilines is 2. The number of rotatable bonds is 5. The van der Waals surface area contributed by atoms with E-state index in [0.29, 0.717) is 24.1 Å². The lowest BCUT2D eigenvalue weighted by Crippen LogP contribution is -2.48. The van der Waals surface area contributed by atoms with Crippen molar-refractivity contribution in [3.63, 3.8) is 0 Å². The van der Waals surface area contributed by atoms with Gasteiger partial charge in [-0.15, -0.1) is 0 Å². The molecule has 4 saturated carbocycles. The highest BCUT2D eigenvalue weighted by Crippen LogP contribution is 2.61. The molecule has 1 amide bonds. The number of benzene rings is 2. The third-order valence-corrected chi connectivity index (χ3v) is 9.59. The summed E-state index contributed by atoms with van der Waals surface area (Å²) in [6, 6.07) is 14.1. The lowest BCUT2D eigenvalue weighted by Gasteiger charge is -2.57. The number of nitrogens with zero attached hydrogens (tertiary/aromatic N) is 1. The first-order valence-electron chi connectivity index (χ1n) is 13.5. The van der Waals surface area contributed by atoms with Crippen molar-refractivity contribution in [1.29, 1.82) is 0 Å². The minimum absolute atomic E-state index is 0.0480. The molecule has 190 valence electrons. The van der Waals surface area contributed by atoms with Gasteiger partial charge in [0.15, 0.2) is 0 Å². The molecule has 2 aromatic carbocycles. The molecule has 36 heavy (non-hydrogen) atoms. The van der Waals surface area contributed by atoms with Crippen molar-refractivity contribution < 1.29 is 14.3 Å². The zero-order valence-electron chi connectivity index (χ0n) is 21.0. The number of carbonyl (C=O) groups is 2. The Morgan fingerprint density at radius 2 is 1.67 bits per heavy atom. The van der Waals surface area contributed by atoms with Crippen molar-refractivity contribution in [1.82, 2.24) is 4.90 Å². The quantitative estimate of drug-likeness (QED) is 0.465. The van der Waals surface area contributed by atoms with Crippen LogP contribution in [-0.4, -0.2) is 37.0 Å². The van der Waals surface area contributed by atoms with Crippen LogP contribution in [0.15, 0.2) is 42.5 Å². The van der Waals surface area contributed by atoms with Gasteiger partial charge in [-0.25, -0.2) is 0 Å². The average molecular weight is 507 g/mol. The normalized spacial score (nSPS) is 30.8. The summed E-state index contributed by atoms with van der Waals surface area (Å²) in [5.41, 5.74) is 4.16. The standard InChI is InChI=1S/C30H35ClN2O3/c1-36-29(35)23-3-2-10-33(18-23)28(34)22-4-7-25(8-5-22)32-27-9-6-24(14-26(27)31)30-15-19-11-20(16-30)13-21(12-19)17-30/h4-9,14,19-21,23,32H,2-3,10-13,15-18H2,1H3. The zero-order valence-corrected chi connectivity index (χ0v) is 21.7. The molecule has 1 saturated heterocycles. The van der Waals surface area contributed by atoms with Gasteiger partial charge >= 0.3 is 5.97 Å². The summed E-state index contributed by atoms with van der Waals surface area (Å²) < 4.78 is 4.88. The van der Waals surface area contributed by atoms with Crippen LogP contribution in [0, 0.1) is 23.7 Å². The van der Waals surface area contributed by atoms with E-state index in [1.54, 1.807) is 4.90 Å². The van der Waals surface area contributed by atoms with Crippen LogP contribution in [0.5, 0.6) is 0 Å². The Balaban J connectivity index is 1.13. The van der Waals surface area contributed by atoms with Crippen molar-refractivity contribution >= 4 is 34.9 Å². The van der Waals surface area contributed by atoms with Gasteiger partial charge in [-0.2, -0.15) is 0 Å². The van der Waals surface area contributed by atoms with Gasteiger partial charge in [0.05, 0.1) is 23.7 Å². The first-order chi connectivity index (χ1) is 17.4. The fourth-order valence-electron chi connectivity index (χ4n) is 7.97. The molecule has 7 rings (SSSR count). The number of esters is 1. The van der Waals surface area contributed by atoms with Crippen LogP contribution in [-0.2, 0) is 14.9 Å². The summed E-state index contributed by atoms with van der Waals surface area (Å²) in [5, 5.41) is 4.19. The summed E-state index contributed by atoms with van der Waals surface area (Å²) >= 11 is 6.79. The molecule has 1 N–H and O–H groups in total. The number of methoxy groups -OCH3 is 1. The van der Waals surface area contributed by atoms with E-state index in [9.17, 15) is 9.59 Å². The first-order valence-corrected chi connectivity index (χ1v) is 13.8. The summed E-state index contributed by atoms with van der Waals surface area (Å²) in [7, 11) is 1.40. The molecule has 1 atom stereocenters. The van der Waals surface area contributed by atoms with E-state index in [2.05, 4.69) is 23.5 Å². The van der Waals surface area contributed by atoms with Crippen molar-refractivity contribution in [2.24, 2.45) is 23.7 Å². The number of hydrogen-bond acceptors (Lipinski definition) is 4. The van der Waals surface area contributed by atoms with Crippen LogP contribution >= 0.6 is 11.6 Å². The van der Waals surface area contributed by atoms with E-state index >= 15 is 0 Å². The molecule has 5 nitrogen and oxygen atoms in total. The van der Waals surface area contributed by atoms with Gasteiger partial charge < -0.3 is 15.0 Å². The number of halogens is 1. The van der Waals surface area contributed by atoms with E-state index in [1.807, 2.05) is 24.3 Å². The second-order valence-electron chi connectivity index (χ2n) is 11.7. The molecule has 4 aliphatic carbocycles. The van der Waals surface area contributed by atoms with Crippen LogP contribution in [0.4, 0.5) is 11.4 Å². The van der Waals surface area contributed by atoms with E-state index in [-0.39, 0.29) is 17.8 Å². The average Bonchev–Trinajstić information content (AvgIpc) is 2.88. The van der Waals surface area contributed by atoms with Gasteiger partial charge in [-0.05, 0) is 116 Å². The Hall–Kier alpha value is -2.53. The number of ether oxygens (including phenoxy) is 1. The first kappa shape index (κ1) is 23.8. The zero-order chi connectivity index (χ0) is 24.9. The Bertz CT molecular complexity index is 1130. The molecule has 0 spiro atoms. The molecule has 0 radical (unpaired) electrons. The maximum atomic E-state index is 13.0. The Morgan fingerprint density at radius 1 is 1.00 bits per heavy atom. The maximum absolute atomic E-state index is 13.0. The molecule has 5 fully saturated rings. The third-order valence-electron chi connectivity index (χ3n) is 9.27. The van der Waals surface area contributed by atoms with E-state index < -0.39 is 0 Å². The van der Waals surface area contributed by atoms with E-state index in [4.69, 9.17) is 16.3 Å². The van der Waals surface area contributed by atoms with Crippen LogP contribution in [0.25, 0.3) is 0 Å². The second-order valence-corrected chi connectivity index (χ2v) is 12.1. The number of amides is 1. The Labute approximate surface area is 218 Å². The van der Waals surface area contributed by atoms with Crippen molar-refractivity contribution in [2.75, 3.05) is 25.5 Å². The highest BCUT2D eigenvalue weighted by molar-refractivity contribution is 6.33. The minimum atomic E-state index is -0.239. The number of likely N-dealkylation sites (tertiary alicyclic amines) is 1. The highest BCUT2D eigenvalue weighted by Gasteiger charge is 2.51. The molecular weight excluding hydrogens is 472 g/mol. The minimum Gasteiger partial charge on any atom is -0.469 e. The number of piperidine rings is 1. The van der Waals surface area contributed by atoms with Crippen molar-refractivity contribution in [3.8, 4) is 0 Å². The van der Waals surface area contributed by atoms with Crippen LogP contribution in [0.2, 0.25) is 5.02 Å². The number of nitrogens with one attached hydrogen (secondary N) is 1. The molecule has 2 aromatic rings. The molecule has 0 aromatic heterocycles. The molecule has 5 aliphatic rings. The fraction of sp³-hybridized carbons (Fsp3) is 0.533. The number of hydrogen-bond donors (Lipinski definition) is 1. The Morgan fingerprint density at radius 3 is 2.28 bits per heavy atom. The van der Waals surface area contributed by atoms with Gasteiger partial charge in [0.25, 0.3) is 5.91 Å². The molecule has 1 aliphatic heterocycles. The van der Waals surface area contributed by atoms with Crippen molar-refractivity contribution in [3.05, 3.63) is 58.6 Å². The van der Waals surface area contributed by atoms with E-state index in [0.717, 1.165) is 47.0 Å². The summed E-state index contributed by atoms with van der Waals surface area (Å²) in [5.74, 6) is 2.20. The smallest absolute Gasteiger partial charge is 0.310 e. The highest BCUT2D eigenvalue weighted by atomic mass is 35.5. The van der Waals surface area contributed by atoms with Gasteiger partial charge in [0.2, 0.25) is 0 Å². The van der Waals surface area contributed by atoms with Crippen molar-refractivity contribution in [2.45, 2.75) is 56.8 Å². The largest absolute Gasteiger partial charge is 0.469 e. The summed E-state index contributed by atoms with van der Waals surface area (Å²) in [6.45, 7) is 1.08. The molecule has 1 heterocycles. The van der Waals surface area contributed by atoms with Crippen LogP contribution in [0.1, 0.15) is 67.3 Å². The van der Waals surface area contributed by atoms with Gasteiger partial charge in [0, 0.05) is 24.3 Å². The van der Waals surface area contributed by atoms with Gasteiger partial charge in [-0.1, -0.05) is 17.7 Å².